The van der Waals surface area contributed by atoms with Crippen LogP contribution in [0.3, 0.4) is 0 Å². The molecule has 1 aliphatic rings. The molecule has 4 N–H and O–H groups in total. The van der Waals surface area contributed by atoms with E-state index in [1.165, 1.54) is 10.4 Å². The highest BCUT2D eigenvalue weighted by molar-refractivity contribution is 7.89. The maximum Gasteiger partial charge on any atom is 0.245 e. The topological polar surface area (TPSA) is 106 Å². The number of aryl methyl sites for hydroxylation is 1. The van der Waals surface area contributed by atoms with Gasteiger partial charge in [-0.15, -0.1) is 0 Å². The lowest BCUT2D eigenvalue weighted by molar-refractivity contribution is -0.122. The first-order valence-corrected chi connectivity index (χ1v) is 7.92. The molecule has 0 aromatic heterocycles. The van der Waals surface area contributed by atoms with Gasteiger partial charge in [0.2, 0.25) is 15.9 Å². The number of sulfonamides is 1. The molecule has 0 saturated carbocycles. The summed E-state index contributed by atoms with van der Waals surface area (Å²) in [5.41, 5.74) is 12.2. The van der Waals surface area contributed by atoms with Crippen molar-refractivity contribution in [3.8, 4) is 0 Å². The Morgan fingerprint density at radius 2 is 1.90 bits per heavy atom. The third-order valence-corrected chi connectivity index (χ3v) is 5.61. The number of nitrogen functional groups attached to an aromatic ring is 1. The van der Waals surface area contributed by atoms with Crippen LogP contribution in [-0.4, -0.2) is 31.7 Å². The fourth-order valence-electron chi connectivity index (χ4n) is 2.42. The molecule has 1 amide bonds. The Labute approximate surface area is 118 Å². The van der Waals surface area contributed by atoms with Crippen molar-refractivity contribution in [2.24, 2.45) is 11.7 Å². The van der Waals surface area contributed by atoms with E-state index in [9.17, 15) is 13.2 Å². The van der Waals surface area contributed by atoms with Gasteiger partial charge in [-0.2, -0.15) is 4.31 Å². The van der Waals surface area contributed by atoms with E-state index in [0.717, 1.165) is 5.56 Å². The molecule has 1 heterocycles. The normalized spacial score (nSPS) is 18.1. The van der Waals surface area contributed by atoms with E-state index in [-0.39, 0.29) is 22.4 Å². The van der Waals surface area contributed by atoms with Crippen LogP contribution in [-0.2, 0) is 14.8 Å². The Kier molecular flexibility index (Phi) is 4.01. The fourth-order valence-corrected chi connectivity index (χ4v) is 3.99. The highest BCUT2D eigenvalue weighted by atomic mass is 32.2. The Morgan fingerprint density at radius 1 is 1.30 bits per heavy atom. The molecular formula is C13H19N3O3S. The molecule has 7 heteroatoms. The van der Waals surface area contributed by atoms with Crippen LogP contribution in [0.15, 0.2) is 23.1 Å². The Balaban J connectivity index is 2.22. The molecule has 1 saturated heterocycles. The molecule has 6 nitrogen and oxygen atoms in total. The van der Waals surface area contributed by atoms with Crippen LogP contribution in [0, 0.1) is 12.8 Å². The van der Waals surface area contributed by atoms with Crippen molar-refractivity contribution in [3.63, 3.8) is 0 Å². The largest absolute Gasteiger partial charge is 0.398 e. The number of benzene rings is 1. The number of carbonyl (C=O) groups is 1. The van der Waals surface area contributed by atoms with Gasteiger partial charge < -0.3 is 11.5 Å². The monoisotopic (exact) mass is 297 g/mol. The number of piperidine rings is 1. The highest BCUT2D eigenvalue weighted by Gasteiger charge is 2.32. The zero-order valence-corrected chi connectivity index (χ0v) is 12.2. The van der Waals surface area contributed by atoms with Gasteiger partial charge in [-0.3, -0.25) is 4.79 Å². The van der Waals surface area contributed by atoms with Gasteiger partial charge in [-0.25, -0.2) is 8.42 Å². The Morgan fingerprint density at radius 3 is 2.40 bits per heavy atom. The molecule has 0 aliphatic carbocycles. The summed E-state index contributed by atoms with van der Waals surface area (Å²) in [5, 5.41) is 0. The molecule has 0 spiro atoms. The van der Waals surface area contributed by atoms with Crippen LogP contribution in [0.1, 0.15) is 18.4 Å². The van der Waals surface area contributed by atoms with Gasteiger partial charge >= 0.3 is 0 Å². The van der Waals surface area contributed by atoms with Crippen LogP contribution < -0.4 is 11.5 Å². The Bertz CT molecular complexity index is 620. The van der Waals surface area contributed by atoms with Crippen LogP contribution in [0.5, 0.6) is 0 Å². The number of hydrogen-bond acceptors (Lipinski definition) is 4. The predicted molar refractivity (Wildman–Crippen MR) is 76.3 cm³/mol. The first-order valence-electron chi connectivity index (χ1n) is 6.48. The second kappa shape index (κ2) is 5.41. The zero-order chi connectivity index (χ0) is 14.9. The molecule has 0 radical (unpaired) electrons. The van der Waals surface area contributed by atoms with Crippen molar-refractivity contribution in [3.05, 3.63) is 23.8 Å². The van der Waals surface area contributed by atoms with Crippen molar-refractivity contribution in [1.29, 1.82) is 0 Å². The van der Waals surface area contributed by atoms with Gasteiger partial charge in [-0.05, 0) is 37.5 Å². The summed E-state index contributed by atoms with van der Waals surface area (Å²) in [7, 11) is -3.60. The summed E-state index contributed by atoms with van der Waals surface area (Å²) in [6.45, 7) is 2.44. The van der Waals surface area contributed by atoms with E-state index in [1.54, 1.807) is 12.1 Å². The van der Waals surface area contributed by atoms with Gasteiger partial charge in [0.15, 0.2) is 0 Å². The summed E-state index contributed by atoms with van der Waals surface area (Å²) < 4.78 is 26.4. The van der Waals surface area contributed by atoms with Crippen LogP contribution >= 0.6 is 0 Å². The van der Waals surface area contributed by atoms with Crippen molar-refractivity contribution < 1.29 is 13.2 Å². The second-order valence-corrected chi connectivity index (χ2v) is 7.03. The molecular weight excluding hydrogens is 278 g/mol. The third kappa shape index (κ3) is 2.78. The lowest BCUT2D eigenvalue weighted by Crippen LogP contribution is -2.41. The quantitative estimate of drug-likeness (QED) is 0.790. The van der Waals surface area contributed by atoms with E-state index in [4.69, 9.17) is 11.5 Å². The van der Waals surface area contributed by atoms with Crippen LogP contribution in [0.25, 0.3) is 0 Å². The maximum atomic E-state index is 12.5. The van der Waals surface area contributed by atoms with Crippen molar-refractivity contribution >= 4 is 21.6 Å². The Hall–Kier alpha value is -1.60. The molecule has 1 fully saturated rings. The van der Waals surface area contributed by atoms with E-state index in [1.807, 2.05) is 6.92 Å². The number of amides is 1. The summed E-state index contributed by atoms with van der Waals surface area (Å²) in [6, 6.07) is 4.89. The van der Waals surface area contributed by atoms with Gasteiger partial charge in [0, 0.05) is 19.0 Å². The third-order valence-electron chi connectivity index (χ3n) is 3.64. The number of anilines is 1. The van der Waals surface area contributed by atoms with Crippen molar-refractivity contribution in [2.45, 2.75) is 24.7 Å². The SMILES string of the molecule is Cc1ccc(S(=O)(=O)N2CCC(C(N)=O)CC2)c(N)c1. The first-order chi connectivity index (χ1) is 9.32. The first kappa shape index (κ1) is 14.8. The summed E-state index contributed by atoms with van der Waals surface area (Å²) >= 11 is 0. The maximum absolute atomic E-state index is 12.5. The predicted octanol–water partition coefficient (Wildman–Crippen LogP) is 0.463. The lowest BCUT2D eigenvalue weighted by atomic mass is 9.98. The molecule has 1 aromatic carbocycles. The summed E-state index contributed by atoms with van der Waals surface area (Å²) in [5.74, 6) is -0.603. The van der Waals surface area contributed by atoms with E-state index in [0.29, 0.717) is 25.9 Å². The molecule has 0 unspecified atom stereocenters. The van der Waals surface area contributed by atoms with Gasteiger partial charge in [-0.1, -0.05) is 6.07 Å². The standard InChI is InChI=1S/C13H19N3O3S/c1-9-2-3-12(11(14)8-9)20(18,19)16-6-4-10(5-7-16)13(15)17/h2-3,8,10H,4-7,14H2,1H3,(H2,15,17). The summed E-state index contributed by atoms with van der Waals surface area (Å²) in [6.07, 6.45) is 0.917. The lowest BCUT2D eigenvalue weighted by Gasteiger charge is -2.30. The average Bonchev–Trinajstić information content (AvgIpc) is 2.38. The van der Waals surface area contributed by atoms with E-state index < -0.39 is 10.0 Å². The molecule has 1 aromatic rings. The van der Waals surface area contributed by atoms with Gasteiger partial charge in [0.25, 0.3) is 0 Å². The smallest absolute Gasteiger partial charge is 0.245 e. The number of nitrogens with zero attached hydrogens (tertiary/aromatic N) is 1. The van der Waals surface area contributed by atoms with Gasteiger partial charge in [0.05, 0.1) is 5.69 Å². The molecule has 110 valence electrons. The van der Waals surface area contributed by atoms with Crippen molar-refractivity contribution in [1.82, 2.24) is 4.31 Å². The number of rotatable bonds is 3. The van der Waals surface area contributed by atoms with E-state index in [2.05, 4.69) is 0 Å². The fraction of sp³-hybridized carbons (Fsp3) is 0.462. The second-order valence-electron chi connectivity index (χ2n) is 5.12. The number of nitrogens with two attached hydrogens (primary N) is 2. The van der Waals surface area contributed by atoms with Crippen LogP contribution in [0.2, 0.25) is 0 Å². The summed E-state index contributed by atoms with van der Waals surface area (Å²) in [4.78, 5) is 11.2. The minimum Gasteiger partial charge on any atom is -0.398 e. The van der Waals surface area contributed by atoms with Crippen molar-refractivity contribution in [2.75, 3.05) is 18.8 Å². The average molecular weight is 297 g/mol. The minimum absolute atomic E-state index is 0.126. The van der Waals surface area contributed by atoms with Gasteiger partial charge in [0.1, 0.15) is 4.90 Å². The number of primary amides is 1. The minimum atomic E-state index is -3.60. The molecule has 0 atom stereocenters. The molecule has 20 heavy (non-hydrogen) atoms. The number of carbonyl (C=O) groups excluding carboxylic acids is 1. The van der Waals surface area contributed by atoms with Crippen LogP contribution in [0.4, 0.5) is 5.69 Å². The molecule has 1 aliphatic heterocycles. The van der Waals surface area contributed by atoms with E-state index >= 15 is 0 Å². The zero-order valence-electron chi connectivity index (χ0n) is 11.4. The number of hydrogen-bond donors (Lipinski definition) is 2. The highest BCUT2D eigenvalue weighted by Crippen LogP contribution is 2.27. The molecule has 0 bridgehead atoms. The molecule has 2 rings (SSSR count).